The molecule has 2 N–H and O–H groups in total. The Bertz CT molecular complexity index is 403. The molecule has 4 nitrogen and oxygen atoms in total. The summed E-state index contributed by atoms with van der Waals surface area (Å²) in [5.74, 6) is -0.493. The number of nitrogens with zero attached hydrogens (tertiary/aromatic N) is 1. The fourth-order valence-corrected chi connectivity index (χ4v) is 3.66. The van der Waals surface area contributed by atoms with Crippen molar-refractivity contribution in [3.05, 3.63) is 0 Å². The van der Waals surface area contributed by atoms with Gasteiger partial charge in [-0.25, -0.2) is 0 Å². The molecule has 0 amide bonds. The lowest BCUT2D eigenvalue weighted by Gasteiger charge is -2.30. The molecule has 0 heterocycles. The third kappa shape index (κ3) is 5.31. The molecule has 2 aliphatic carbocycles. The normalized spacial score (nSPS) is 24.3. The molecule has 0 unspecified atom stereocenters. The molecule has 0 spiro atoms. The number of nitrogens with two attached hydrogens (primary N) is 1. The molecule has 0 radical (unpaired) electrons. The van der Waals surface area contributed by atoms with Gasteiger partial charge in [0.25, 0.3) is 0 Å². The van der Waals surface area contributed by atoms with Crippen LogP contribution in [0.1, 0.15) is 65.2 Å². The minimum atomic E-state index is -0.574. The summed E-state index contributed by atoms with van der Waals surface area (Å²) in [4.78, 5) is 28.4. The Kier molecular flexibility index (Phi) is 6.30. The quantitative estimate of drug-likeness (QED) is 0.463. The Morgan fingerprint density at radius 2 is 1.77 bits per heavy atom. The highest BCUT2D eigenvalue weighted by atomic mass is 16.2. The van der Waals surface area contributed by atoms with Crippen molar-refractivity contribution in [1.82, 2.24) is 0 Å². The minimum absolute atomic E-state index is 0.0405. The maximum Gasteiger partial charge on any atom is 0.149 e. The SMILES string of the molecule is CC1(C)CC(=O)C(C=NCCC[NH2+]C2CCCCC2)C(=O)C1. The van der Waals surface area contributed by atoms with E-state index in [1.165, 1.54) is 32.1 Å². The zero-order valence-corrected chi connectivity index (χ0v) is 14.1. The summed E-state index contributed by atoms with van der Waals surface area (Å²) in [6.07, 6.45) is 10.5. The van der Waals surface area contributed by atoms with Crippen LogP contribution in [-0.2, 0) is 9.59 Å². The smallest absolute Gasteiger partial charge is 0.149 e. The van der Waals surface area contributed by atoms with Crippen LogP contribution >= 0.6 is 0 Å². The van der Waals surface area contributed by atoms with Crippen LogP contribution in [0.2, 0.25) is 0 Å². The Labute approximate surface area is 134 Å². The van der Waals surface area contributed by atoms with Crippen molar-refractivity contribution in [2.75, 3.05) is 13.1 Å². The van der Waals surface area contributed by atoms with Gasteiger partial charge in [0, 0.05) is 32.0 Å². The highest BCUT2D eigenvalue weighted by molar-refractivity contribution is 6.16. The second kappa shape index (κ2) is 8.00. The lowest BCUT2D eigenvalue weighted by molar-refractivity contribution is -0.691. The van der Waals surface area contributed by atoms with Crippen LogP contribution in [0.15, 0.2) is 4.99 Å². The summed E-state index contributed by atoms with van der Waals surface area (Å²) in [7, 11) is 0. The number of rotatable bonds is 6. The predicted octanol–water partition coefficient (Wildman–Crippen LogP) is 1.92. The van der Waals surface area contributed by atoms with E-state index in [0.717, 1.165) is 25.6 Å². The van der Waals surface area contributed by atoms with E-state index in [2.05, 4.69) is 10.3 Å². The molecular weight excluding hydrogens is 276 g/mol. The monoisotopic (exact) mass is 307 g/mol. The van der Waals surface area contributed by atoms with Gasteiger partial charge in [-0.05, 0) is 31.1 Å². The number of Topliss-reactive ketones (excluding diaryl/α,β-unsaturated/α-hetero) is 2. The van der Waals surface area contributed by atoms with E-state index in [1.807, 2.05) is 13.8 Å². The van der Waals surface area contributed by atoms with Gasteiger partial charge in [-0.1, -0.05) is 20.3 Å². The Hall–Kier alpha value is -1.03. The molecule has 0 aromatic carbocycles. The first kappa shape index (κ1) is 17.3. The molecule has 0 aliphatic heterocycles. The number of quaternary nitrogens is 1. The lowest BCUT2D eigenvalue weighted by Crippen LogP contribution is -2.90. The van der Waals surface area contributed by atoms with E-state index in [1.54, 1.807) is 6.21 Å². The van der Waals surface area contributed by atoms with Crippen molar-refractivity contribution in [2.45, 2.75) is 71.3 Å². The first-order valence-corrected chi connectivity index (χ1v) is 8.87. The van der Waals surface area contributed by atoms with Gasteiger partial charge in [0.15, 0.2) is 0 Å². The predicted molar refractivity (Wildman–Crippen MR) is 88.2 cm³/mol. The fourth-order valence-electron chi connectivity index (χ4n) is 3.66. The molecule has 0 atom stereocenters. The van der Waals surface area contributed by atoms with Crippen LogP contribution in [0.25, 0.3) is 0 Å². The first-order chi connectivity index (χ1) is 10.5. The average molecular weight is 307 g/mol. The molecule has 0 bridgehead atoms. The summed E-state index contributed by atoms with van der Waals surface area (Å²) in [6.45, 7) is 5.79. The topological polar surface area (TPSA) is 63.1 Å². The molecule has 2 aliphatic rings. The van der Waals surface area contributed by atoms with Gasteiger partial charge in [0.2, 0.25) is 0 Å². The number of aliphatic imine (C=N–C) groups is 1. The maximum atomic E-state index is 12.0. The summed E-state index contributed by atoms with van der Waals surface area (Å²) < 4.78 is 0. The highest BCUT2D eigenvalue weighted by Gasteiger charge is 2.38. The highest BCUT2D eigenvalue weighted by Crippen LogP contribution is 2.33. The van der Waals surface area contributed by atoms with E-state index < -0.39 is 5.92 Å². The van der Waals surface area contributed by atoms with Gasteiger partial charge < -0.3 is 5.32 Å². The van der Waals surface area contributed by atoms with Gasteiger partial charge >= 0.3 is 0 Å². The van der Waals surface area contributed by atoms with E-state index in [4.69, 9.17) is 0 Å². The molecule has 2 saturated carbocycles. The van der Waals surface area contributed by atoms with Gasteiger partial charge in [0.1, 0.15) is 17.5 Å². The van der Waals surface area contributed by atoms with Gasteiger partial charge in [-0.3, -0.25) is 14.6 Å². The molecule has 0 aromatic heterocycles. The summed E-state index contributed by atoms with van der Waals surface area (Å²) >= 11 is 0. The Balaban J connectivity index is 1.64. The Morgan fingerprint density at radius 1 is 1.14 bits per heavy atom. The van der Waals surface area contributed by atoms with Crippen LogP contribution in [-0.4, -0.2) is 36.9 Å². The number of carbonyl (C=O) groups excluding carboxylic acids is 2. The molecule has 2 rings (SSSR count). The molecule has 0 aromatic rings. The molecule has 2 fully saturated rings. The van der Waals surface area contributed by atoms with E-state index >= 15 is 0 Å². The van der Waals surface area contributed by atoms with Crippen molar-refractivity contribution in [1.29, 1.82) is 0 Å². The van der Waals surface area contributed by atoms with Crippen LogP contribution in [0.4, 0.5) is 0 Å². The third-order valence-corrected chi connectivity index (χ3v) is 4.89. The van der Waals surface area contributed by atoms with Crippen molar-refractivity contribution >= 4 is 17.8 Å². The lowest BCUT2D eigenvalue weighted by atomic mass is 9.72. The molecule has 124 valence electrons. The molecule has 0 saturated heterocycles. The summed E-state index contributed by atoms with van der Waals surface area (Å²) in [5.41, 5.74) is -0.173. The number of hydrogen-bond acceptors (Lipinski definition) is 3. The average Bonchev–Trinajstić information content (AvgIpc) is 2.45. The van der Waals surface area contributed by atoms with E-state index in [9.17, 15) is 9.59 Å². The van der Waals surface area contributed by atoms with Gasteiger partial charge in [0.05, 0.1) is 12.6 Å². The van der Waals surface area contributed by atoms with Crippen molar-refractivity contribution < 1.29 is 14.9 Å². The maximum absolute atomic E-state index is 12.0. The largest absolute Gasteiger partial charge is 0.344 e. The zero-order chi connectivity index (χ0) is 16.0. The molecule has 4 heteroatoms. The first-order valence-electron chi connectivity index (χ1n) is 8.87. The van der Waals surface area contributed by atoms with Gasteiger partial charge in [-0.15, -0.1) is 0 Å². The van der Waals surface area contributed by atoms with E-state index in [-0.39, 0.29) is 17.0 Å². The standard InChI is InChI=1S/C18H30N2O2/c1-18(2)11-16(21)15(17(22)12-18)13-19-9-6-10-20-14-7-4-3-5-8-14/h13-15,20H,3-12H2,1-2H3/p+1. The number of hydrogen-bond donors (Lipinski definition) is 1. The number of ketones is 2. The van der Waals surface area contributed by atoms with Crippen molar-refractivity contribution in [3.8, 4) is 0 Å². The number of carbonyl (C=O) groups is 2. The van der Waals surface area contributed by atoms with Crippen LogP contribution in [0.5, 0.6) is 0 Å². The van der Waals surface area contributed by atoms with Gasteiger partial charge in [-0.2, -0.15) is 0 Å². The van der Waals surface area contributed by atoms with Crippen molar-refractivity contribution in [2.24, 2.45) is 16.3 Å². The molecule has 22 heavy (non-hydrogen) atoms. The van der Waals surface area contributed by atoms with Crippen molar-refractivity contribution in [3.63, 3.8) is 0 Å². The zero-order valence-electron chi connectivity index (χ0n) is 14.1. The summed E-state index contributed by atoms with van der Waals surface area (Å²) in [6, 6.07) is 0.807. The molecular formula is C18H31N2O2+. The van der Waals surface area contributed by atoms with E-state index in [0.29, 0.717) is 12.8 Å². The third-order valence-electron chi connectivity index (χ3n) is 4.89. The second-order valence-corrected chi connectivity index (χ2v) is 7.76. The fraction of sp³-hybridized carbons (Fsp3) is 0.833. The minimum Gasteiger partial charge on any atom is -0.344 e. The van der Waals surface area contributed by atoms with Crippen LogP contribution in [0, 0.1) is 11.3 Å². The summed E-state index contributed by atoms with van der Waals surface area (Å²) in [5, 5.41) is 2.45. The second-order valence-electron chi connectivity index (χ2n) is 7.76. The van der Waals surface area contributed by atoms with Crippen LogP contribution < -0.4 is 5.32 Å². The Morgan fingerprint density at radius 3 is 2.41 bits per heavy atom. The van der Waals surface area contributed by atoms with Crippen LogP contribution in [0.3, 0.4) is 0 Å².